The highest BCUT2D eigenvalue weighted by Crippen LogP contribution is 2.30. The normalized spacial score (nSPS) is 11.2. The largest absolute Gasteiger partial charge is 0.488 e. The van der Waals surface area contributed by atoms with Gasteiger partial charge in [-0.2, -0.15) is 0 Å². The lowest BCUT2D eigenvalue weighted by Crippen LogP contribution is -2.06. The van der Waals surface area contributed by atoms with Crippen molar-refractivity contribution < 1.29 is 13.9 Å². The highest BCUT2D eigenvalue weighted by atomic mass is 19.1. The van der Waals surface area contributed by atoms with E-state index in [9.17, 15) is 4.39 Å². The summed E-state index contributed by atoms with van der Waals surface area (Å²) in [5.74, 6) is 1.44. The second-order valence-electron chi connectivity index (χ2n) is 8.04. The molecule has 0 radical (unpaired) electrons. The Balaban J connectivity index is 1.45. The summed E-state index contributed by atoms with van der Waals surface area (Å²) in [5, 5.41) is 0. The topological polar surface area (TPSA) is 35.8 Å². The molecule has 5 aromatic rings. The van der Waals surface area contributed by atoms with E-state index in [-0.39, 0.29) is 17.7 Å². The van der Waals surface area contributed by atoms with Crippen LogP contribution >= 0.6 is 0 Å². The zero-order valence-electron chi connectivity index (χ0n) is 18.4. The molecule has 0 saturated heterocycles. The van der Waals surface area contributed by atoms with E-state index in [0.717, 1.165) is 39.5 Å². The number of pyridine rings is 1. The molecule has 0 aliphatic rings. The van der Waals surface area contributed by atoms with E-state index < -0.39 is 0 Å². The third-order valence-electron chi connectivity index (χ3n) is 5.26. The smallest absolute Gasteiger partial charge is 0.165 e. The van der Waals surface area contributed by atoms with Crippen LogP contribution in [0.4, 0.5) is 4.39 Å². The van der Waals surface area contributed by atoms with Gasteiger partial charge in [-0.15, -0.1) is 0 Å². The summed E-state index contributed by atoms with van der Waals surface area (Å²) in [6, 6.07) is 26.5. The maximum Gasteiger partial charge on any atom is 0.165 e. The van der Waals surface area contributed by atoms with Gasteiger partial charge < -0.3 is 9.47 Å². The zero-order chi connectivity index (χ0) is 22.8. The van der Waals surface area contributed by atoms with Crippen LogP contribution in [-0.2, 0) is 0 Å². The first kappa shape index (κ1) is 20.8. The SMILES string of the molecule is CC(C)Oc1ccc(-c2ccc3ncc(-c4ccc(Oc5ccccc5)cc4)n3c2)cc1F. The number of benzene rings is 3. The number of imidazole rings is 1. The van der Waals surface area contributed by atoms with Crippen molar-refractivity contribution >= 4 is 5.65 Å². The molecule has 0 atom stereocenters. The first-order valence-corrected chi connectivity index (χ1v) is 10.8. The minimum Gasteiger partial charge on any atom is -0.488 e. The van der Waals surface area contributed by atoms with Crippen molar-refractivity contribution in [2.75, 3.05) is 0 Å². The van der Waals surface area contributed by atoms with E-state index in [1.54, 1.807) is 6.07 Å². The lowest BCUT2D eigenvalue weighted by Gasteiger charge is -2.12. The summed E-state index contributed by atoms with van der Waals surface area (Å²) in [5.41, 5.74) is 4.43. The summed E-state index contributed by atoms with van der Waals surface area (Å²) in [4.78, 5) is 4.52. The molecule has 0 fully saturated rings. The third kappa shape index (κ3) is 4.44. The van der Waals surface area contributed by atoms with Gasteiger partial charge in [0.15, 0.2) is 11.6 Å². The number of hydrogen-bond acceptors (Lipinski definition) is 3. The Hall–Kier alpha value is -4.12. The minimum atomic E-state index is -0.374. The first-order chi connectivity index (χ1) is 16.1. The highest BCUT2D eigenvalue weighted by molar-refractivity contribution is 5.70. The minimum absolute atomic E-state index is 0.0836. The van der Waals surface area contributed by atoms with Crippen LogP contribution in [0.15, 0.2) is 97.3 Å². The molecule has 0 amide bonds. The molecule has 2 heterocycles. The molecule has 0 aliphatic heterocycles. The first-order valence-electron chi connectivity index (χ1n) is 10.8. The van der Waals surface area contributed by atoms with Gasteiger partial charge in [0.25, 0.3) is 0 Å². The monoisotopic (exact) mass is 438 g/mol. The number of hydrogen-bond donors (Lipinski definition) is 0. The molecule has 2 aromatic heterocycles. The predicted molar refractivity (Wildman–Crippen MR) is 128 cm³/mol. The van der Waals surface area contributed by atoms with Crippen LogP contribution in [0.5, 0.6) is 17.2 Å². The molecule has 5 heteroatoms. The molecule has 0 bridgehead atoms. The molecule has 0 N–H and O–H groups in total. The van der Waals surface area contributed by atoms with Crippen molar-refractivity contribution in [3.63, 3.8) is 0 Å². The molecule has 0 unspecified atom stereocenters. The molecular formula is C28H23FN2O2. The van der Waals surface area contributed by atoms with Crippen LogP contribution in [0, 0.1) is 5.82 Å². The molecule has 0 aliphatic carbocycles. The lowest BCUT2D eigenvalue weighted by atomic mass is 10.1. The number of rotatable bonds is 6. The summed E-state index contributed by atoms with van der Waals surface area (Å²) in [6.07, 6.45) is 3.73. The molecule has 4 nitrogen and oxygen atoms in total. The summed E-state index contributed by atoms with van der Waals surface area (Å²) >= 11 is 0. The molecule has 3 aromatic carbocycles. The van der Waals surface area contributed by atoms with Crippen LogP contribution in [0.25, 0.3) is 28.0 Å². The molecule has 0 saturated carbocycles. The Bertz CT molecular complexity index is 1390. The van der Waals surface area contributed by atoms with Gasteiger partial charge >= 0.3 is 0 Å². The standard InChI is InChI=1S/C28H23FN2O2/c1-19(2)32-27-14-10-21(16-25(27)29)22-11-15-28-30-17-26(31(28)18-22)20-8-12-24(13-9-20)33-23-6-4-3-5-7-23/h3-19H,1-2H3. The predicted octanol–water partition coefficient (Wildman–Crippen LogP) is 7.39. The van der Waals surface area contributed by atoms with Crippen molar-refractivity contribution in [1.82, 2.24) is 9.38 Å². The van der Waals surface area contributed by atoms with Crippen LogP contribution in [0.1, 0.15) is 13.8 Å². The van der Waals surface area contributed by atoms with Gasteiger partial charge in [-0.3, -0.25) is 4.40 Å². The average Bonchev–Trinajstić information content (AvgIpc) is 3.25. The fraction of sp³-hybridized carbons (Fsp3) is 0.107. The second kappa shape index (κ2) is 8.79. The van der Waals surface area contributed by atoms with E-state index in [4.69, 9.17) is 9.47 Å². The maximum atomic E-state index is 14.5. The van der Waals surface area contributed by atoms with Gasteiger partial charge in [0.05, 0.1) is 18.0 Å². The number of nitrogens with zero attached hydrogens (tertiary/aromatic N) is 2. The Kier molecular flexibility index (Phi) is 5.53. The number of fused-ring (bicyclic) bond motifs is 1. The Morgan fingerprint density at radius 1 is 0.788 bits per heavy atom. The third-order valence-corrected chi connectivity index (χ3v) is 5.26. The van der Waals surface area contributed by atoms with E-state index in [0.29, 0.717) is 0 Å². The average molecular weight is 439 g/mol. The van der Waals surface area contributed by atoms with Crippen LogP contribution < -0.4 is 9.47 Å². The number of para-hydroxylation sites is 1. The van der Waals surface area contributed by atoms with Crippen LogP contribution in [0.2, 0.25) is 0 Å². The van der Waals surface area contributed by atoms with E-state index in [1.807, 2.05) is 103 Å². The summed E-state index contributed by atoms with van der Waals surface area (Å²) in [6.45, 7) is 3.75. The Labute approximate surface area is 191 Å². The maximum absolute atomic E-state index is 14.5. The molecule has 0 spiro atoms. The number of aromatic nitrogens is 2. The van der Waals surface area contributed by atoms with Crippen LogP contribution in [0.3, 0.4) is 0 Å². The fourth-order valence-electron chi connectivity index (χ4n) is 3.71. The van der Waals surface area contributed by atoms with E-state index in [2.05, 4.69) is 4.98 Å². The van der Waals surface area contributed by atoms with Crippen LogP contribution in [-0.4, -0.2) is 15.5 Å². The van der Waals surface area contributed by atoms with E-state index >= 15 is 0 Å². The Morgan fingerprint density at radius 3 is 2.21 bits per heavy atom. The van der Waals surface area contributed by atoms with Crippen molar-refractivity contribution in [2.24, 2.45) is 0 Å². The number of halogens is 1. The van der Waals surface area contributed by atoms with Crippen molar-refractivity contribution in [3.05, 3.63) is 103 Å². The van der Waals surface area contributed by atoms with Crippen molar-refractivity contribution in [1.29, 1.82) is 0 Å². The summed E-state index contributed by atoms with van der Waals surface area (Å²) in [7, 11) is 0. The van der Waals surface area contributed by atoms with Gasteiger partial charge in [0, 0.05) is 11.8 Å². The molecule has 5 rings (SSSR count). The quantitative estimate of drug-likeness (QED) is 0.277. The number of ether oxygens (including phenoxy) is 2. The van der Waals surface area contributed by atoms with Gasteiger partial charge in [-0.1, -0.05) is 24.3 Å². The summed E-state index contributed by atoms with van der Waals surface area (Å²) < 4.78 is 28.0. The molecule has 164 valence electrons. The second-order valence-corrected chi connectivity index (χ2v) is 8.04. The molecular weight excluding hydrogens is 415 g/mol. The highest BCUT2D eigenvalue weighted by Gasteiger charge is 2.11. The lowest BCUT2D eigenvalue weighted by molar-refractivity contribution is 0.231. The van der Waals surface area contributed by atoms with E-state index in [1.165, 1.54) is 6.07 Å². The van der Waals surface area contributed by atoms with Gasteiger partial charge in [-0.25, -0.2) is 9.37 Å². The zero-order valence-corrected chi connectivity index (χ0v) is 18.4. The fourth-order valence-corrected chi connectivity index (χ4v) is 3.71. The van der Waals surface area contributed by atoms with Crippen molar-refractivity contribution in [3.8, 4) is 39.6 Å². The van der Waals surface area contributed by atoms with Gasteiger partial charge in [0.2, 0.25) is 0 Å². The Morgan fingerprint density at radius 2 is 1.48 bits per heavy atom. The van der Waals surface area contributed by atoms with Crippen molar-refractivity contribution in [2.45, 2.75) is 20.0 Å². The molecule has 33 heavy (non-hydrogen) atoms. The van der Waals surface area contributed by atoms with Gasteiger partial charge in [-0.05, 0) is 85.6 Å². The van der Waals surface area contributed by atoms with Gasteiger partial charge in [0.1, 0.15) is 17.1 Å².